The molecule has 2 aromatic carbocycles. The standard InChI is InChI=1S/C25H25FN2O6/c1-2-33-25(32)16-9-11-17(12-10-16)28-22(29)14-21(24(28)31)27(15-18-6-5-13-34-18)23(30)19-7-3-4-8-20(19)26/h3-4,7-12,18,21H,2,5-6,13-15H2,1H3. The van der Waals surface area contributed by atoms with Crippen LogP contribution >= 0.6 is 0 Å². The maximum atomic E-state index is 14.4. The van der Waals surface area contributed by atoms with Crippen LogP contribution in [-0.2, 0) is 19.1 Å². The topological polar surface area (TPSA) is 93.2 Å². The first-order valence-electron chi connectivity index (χ1n) is 11.2. The van der Waals surface area contributed by atoms with E-state index in [0.717, 1.165) is 11.3 Å². The van der Waals surface area contributed by atoms with Crippen LogP contribution < -0.4 is 4.90 Å². The van der Waals surface area contributed by atoms with Gasteiger partial charge in [-0.2, -0.15) is 0 Å². The van der Waals surface area contributed by atoms with Crippen LogP contribution in [0.25, 0.3) is 0 Å². The molecule has 178 valence electrons. The van der Waals surface area contributed by atoms with E-state index in [9.17, 15) is 23.6 Å². The van der Waals surface area contributed by atoms with Crippen molar-refractivity contribution >= 4 is 29.4 Å². The summed E-state index contributed by atoms with van der Waals surface area (Å²) in [5.74, 6) is -2.95. The molecule has 3 amide bonds. The van der Waals surface area contributed by atoms with Gasteiger partial charge >= 0.3 is 5.97 Å². The lowest BCUT2D eigenvalue weighted by atomic mass is 10.1. The van der Waals surface area contributed by atoms with Gasteiger partial charge in [0.25, 0.3) is 11.8 Å². The van der Waals surface area contributed by atoms with Gasteiger partial charge in [-0.3, -0.25) is 14.4 Å². The lowest BCUT2D eigenvalue weighted by molar-refractivity contribution is -0.122. The molecular weight excluding hydrogens is 443 g/mol. The summed E-state index contributed by atoms with van der Waals surface area (Å²) in [5.41, 5.74) is 0.398. The van der Waals surface area contributed by atoms with Crippen LogP contribution in [0, 0.1) is 5.82 Å². The maximum absolute atomic E-state index is 14.4. The van der Waals surface area contributed by atoms with Gasteiger partial charge in [-0.15, -0.1) is 0 Å². The smallest absolute Gasteiger partial charge is 0.338 e. The Hall–Kier alpha value is -3.59. The van der Waals surface area contributed by atoms with Crippen molar-refractivity contribution < 1.29 is 33.0 Å². The zero-order valence-corrected chi connectivity index (χ0v) is 18.7. The summed E-state index contributed by atoms with van der Waals surface area (Å²) < 4.78 is 25.0. The van der Waals surface area contributed by atoms with Crippen LogP contribution in [0.1, 0.15) is 46.9 Å². The number of imide groups is 1. The Kier molecular flexibility index (Phi) is 7.02. The number of nitrogens with zero attached hydrogens (tertiary/aromatic N) is 2. The van der Waals surface area contributed by atoms with Gasteiger partial charge in [0.15, 0.2) is 0 Å². The Morgan fingerprint density at radius 3 is 2.53 bits per heavy atom. The SMILES string of the molecule is CCOC(=O)c1ccc(N2C(=O)CC(N(CC3CCCO3)C(=O)c3ccccc3F)C2=O)cc1. The molecular formula is C25H25FN2O6. The molecule has 0 radical (unpaired) electrons. The zero-order valence-electron chi connectivity index (χ0n) is 18.7. The highest BCUT2D eigenvalue weighted by molar-refractivity contribution is 6.23. The lowest BCUT2D eigenvalue weighted by Gasteiger charge is -2.30. The van der Waals surface area contributed by atoms with Crippen molar-refractivity contribution in [2.75, 3.05) is 24.7 Å². The minimum atomic E-state index is -1.09. The van der Waals surface area contributed by atoms with E-state index < -0.39 is 35.5 Å². The van der Waals surface area contributed by atoms with E-state index in [-0.39, 0.29) is 42.5 Å². The fourth-order valence-corrected chi connectivity index (χ4v) is 4.24. The van der Waals surface area contributed by atoms with Crippen molar-refractivity contribution in [3.8, 4) is 0 Å². The normalized spacial score (nSPS) is 20.0. The summed E-state index contributed by atoms with van der Waals surface area (Å²) in [4.78, 5) is 53.7. The quantitative estimate of drug-likeness (QED) is 0.458. The Morgan fingerprint density at radius 2 is 1.88 bits per heavy atom. The van der Waals surface area contributed by atoms with Crippen LogP contribution in [0.3, 0.4) is 0 Å². The molecule has 34 heavy (non-hydrogen) atoms. The lowest BCUT2D eigenvalue weighted by Crippen LogP contribution is -2.48. The predicted octanol–water partition coefficient (Wildman–Crippen LogP) is 2.96. The molecule has 9 heteroatoms. The number of halogens is 1. The Bertz CT molecular complexity index is 1100. The van der Waals surface area contributed by atoms with Crippen LogP contribution in [-0.4, -0.2) is 60.5 Å². The first-order valence-corrected chi connectivity index (χ1v) is 11.2. The molecule has 2 atom stereocenters. The second-order valence-corrected chi connectivity index (χ2v) is 8.13. The molecule has 2 aliphatic rings. The Balaban J connectivity index is 1.60. The molecule has 8 nitrogen and oxygen atoms in total. The van der Waals surface area contributed by atoms with E-state index in [1.807, 2.05) is 0 Å². The molecule has 0 saturated carbocycles. The summed E-state index contributed by atoms with van der Waals surface area (Å²) in [6.07, 6.45) is 1.000. The number of anilines is 1. The molecule has 2 aromatic rings. The minimum absolute atomic E-state index is 0.0759. The van der Waals surface area contributed by atoms with E-state index in [4.69, 9.17) is 9.47 Å². The molecule has 0 N–H and O–H groups in total. The van der Waals surface area contributed by atoms with Crippen molar-refractivity contribution in [3.05, 3.63) is 65.5 Å². The second-order valence-electron chi connectivity index (χ2n) is 8.13. The molecule has 4 rings (SSSR count). The molecule has 2 unspecified atom stereocenters. The van der Waals surface area contributed by atoms with Crippen LogP contribution in [0.2, 0.25) is 0 Å². The monoisotopic (exact) mass is 468 g/mol. The zero-order chi connectivity index (χ0) is 24.2. The summed E-state index contributed by atoms with van der Waals surface area (Å²) >= 11 is 0. The van der Waals surface area contributed by atoms with Crippen molar-refractivity contribution in [2.24, 2.45) is 0 Å². The molecule has 0 spiro atoms. The third-order valence-electron chi connectivity index (χ3n) is 5.93. The summed E-state index contributed by atoms with van der Waals surface area (Å²) in [7, 11) is 0. The average Bonchev–Trinajstić information content (AvgIpc) is 3.45. The summed E-state index contributed by atoms with van der Waals surface area (Å²) in [5, 5.41) is 0. The molecule has 0 bridgehead atoms. The van der Waals surface area contributed by atoms with Gasteiger partial charge in [0.05, 0.1) is 35.9 Å². The third-order valence-corrected chi connectivity index (χ3v) is 5.93. The summed E-state index contributed by atoms with van der Waals surface area (Å²) in [6, 6.07) is 10.4. The fraction of sp³-hybridized carbons (Fsp3) is 0.360. The summed E-state index contributed by atoms with van der Waals surface area (Å²) in [6.45, 7) is 2.54. The van der Waals surface area contributed by atoms with E-state index in [2.05, 4.69) is 0 Å². The number of esters is 1. The first-order chi connectivity index (χ1) is 16.4. The fourth-order valence-electron chi connectivity index (χ4n) is 4.24. The predicted molar refractivity (Wildman–Crippen MR) is 120 cm³/mol. The highest BCUT2D eigenvalue weighted by Gasteiger charge is 2.45. The highest BCUT2D eigenvalue weighted by Crippen LogP contribution is 2.29. The number of amides is 3. The number of benzene rings is 2. The average molecular weight is 468 g/mol. The van der Waals surface area contributed by atoms with E-state index in [1.54, 1.807) is 13.0 Å². The van der Waals surface area contributed by atoms with E-state index in [1.165, 1.54) is 47.4 Å². The molecule has 2 aliphatic heterocycles. The van der Waals surface area contributed by atoms with E-state index in [0.29, 0.717) is 13.0 Å². The van der Waals surface area contributed by atoms with Crippen LogP contribution in [0.4, 0.5) is 10.1 Å². The number of carbonyl (C=O) groups is 4. The molecule has 2 fully saturated rings. The Morgan fingerprint density at radius 1 is 1.15 bits per heavy atom. The molecule has 0 aliphatic carbocycles. The van der Waals surface area contributed by atoms with Gasteiger partial charge in [-0.05, 0) is 56.2 Å². The number of ether oxygens (including phenoxy) is 2. The first kappa shape index (κ1) is 23.6. The molecule has 2 heterocycles. The largest absolute Gasteiger partial charge is 0.462 e. The molecule has 0 aromatic heterocycles. The number of hydrogen-bond acceptors (Lipinski definition) is 6. The number of hydrogen-bond donors (Lipinski definition) is 0. The van der Waals surface area contributed by atoms with Gasteiger partial charge < -0.3 is 14.4 Å². The van der Waals surface area contributed by atoms with Crippen LogP contribution in [0.15, 0.2) is 48.5 Å². The van der Waals surface area contributed by atoms with Gasteiger partial charge in [-0.1, -0.05) is 12.1 Å². The van der Waals surface area contributed by atoms with Crippen molar-refractivity contribution in [2.45, 2.75) is 38.3 Å². The van der Waals surface area contributed by atoms with E-state index >= 15 is 0 Å². The highest BCUT2D eigenvalue weighted by atomic mass is 19.1. The second kappa shape index (κ2) is 10.1. The number of rotatable bonds is 7. The van der Waals surface area contributed by atoms with Gasteiger partial charge in [0.1, 0.15) is 11.9 Å². The third kappa shape index (κ3) is 4.70. The van der Waals surface area contributed by atoms with Gasteiger partial charge in [0.2, 0.25) is 5.91 Å². The minimum Gasteiger partial charge on any atom is -0.462 e. The molecule has 2 saturated heterocycles. The van der Waals surface area contributed by atoms with Crippen molar-refractivity contribution in [1.29, 1.82) is 0 Å². The number of carbonyl (C=O) groups excluding carboxylic acids is 4. The maximum Gasteiger partial charge on any atom is 0.338 e. The van der Waals surface area contributed by atoms with Crippen LogP contribution in [0.5, 0.6) is 0 Å². The van der Waals surface area contributed by atoms with Crippen molar-refractivity contribution in [3.63, 3.8) is 0 Å². The van der Waals surface area contributed by atoms with Crippen molar-refractivity contribution in [1.82, 2.24) is 4.90 Å². The Labute approximate surface area is 196 Å². The van der Waals surface area contributed by atoms with Gasteiger partial charge in [0, 0.05) is 13.2 Å². The van der Waals surface area contributed by atoms with Gasteiger partial charge in [-0.25, -0.2) is 14.1 Å².